The van der Waals surface area contributed by atoms with E-state index in [0.717, 1.165) is 6.07 Å². The smallest absolute Gasteiger partial charge is 0.164 e. The Bertz CT molecular complexity index is 350. The van der Waals surface area contributed by atoms with E-state index in [9.17, 15) is 13.6 Å². The van der Waals surface area contributed by atoms with Crippen LogP contribution in [0.25, 0.3) is 0 Å². The summed E-state index contributed by atoms with van der Waals surface area (Å²) in [5, 5.41) is 0. The fraction of sp³-hybridized carbons (Fsp3) is 0.222. The van der Waals surface area contributed by atoms with Gasteiger partial charge in [-0.25, -0.2) is 8.78 Å². The number of Topliss-reactive ketones (excluding diaryl/α,β-unsaturated/α-hetero) is 1. The standard InChI is InChI=1S/C9H9F2NO/c1-5(13)4-6-8(12)3-2-7(10)9(6)11/h2-3H,4,12H2,1H3. The first-order valence-corrected chi connectivity index (χ1v) is 3.74. The summed E-state index contributed by atoms with van der Waals surface area (Å²) < 4.78 is 25.7. The molecule has 2 nitrogen and oxygen atoms in total. The first kappa shape index (κ1) is 9.64. The molecule has 0 spiro atoms. The van der Waals surface area contributed by atoms with Crippen LogP contribution in [-0.4, -0.2) is 5.78 Å². The number of nitrogens with two attached hydrogens (primary N) is 1. The average molecular weight is 185 g/mol. The first-order valence-electron chi connectivity index (χ1n) is 3.74. The molecule has 0 aromatic heterocycles. The highest BCUT2D eigenvalue weighted by Gasteiger charge is 2.12. The number of nitrogen functional groups attached to an aromatic ring is 1. The van der Waals surface area contributed by atoms with Crippen molar-refractivity contribution in [3.05, 3.63) is 29.3 Å². The van der Waals surface area contributed by atoms with Crippen LogP contribution in [0.3, 0.4) is 0 Å². The van der Waals surface area contributed by atoms with Gasteiger partial charge in [0.05, 0.1) is 0 Å². The molecule has 0 aliphatic carbocycles. The van der Waals surface area contributed by atoms with E-state index in [0.29, 0.717) is 0 Å². The fourth-order valence-electron chi connectivity index (χ4n) is 1.04. The summed E-state index contributed by atoms with van der Waals surface area (Å²) in [6, 6.07) is 2.19. The van der Waals surface area contributed by atoms with Gasteiger partial charge in [-0.3, -0.25) is 4.79 Å². The van der Waals surface area contributed by atoms with E-state index in [-0.39, 0.29) is 23.5 Å². The number of halogens is 2. The minimum Gasteiger partial charge on any atom is -0.398 e. The lowest BCUT2D eigenvalue weighted by Gasteiger charge is -2.04. The molecule has 0 fully saturated rings. The molecule has 0 radical (unpaired) electrons. The van der Waals surface area contributed by atoms with Crippen molar-refractivity contribution in [3.63, 3.8) is 0 Å². The van der Waals surface area contributed by atoms with Crippen LogP contribution in [0.1, 0.15) is 12.5 Å². The Morgan fingerprint density at radius 2 is 2.08 bits per heavy atom. The van der Waals surface area contributed by atoms with Gasteiger partial charge in [0.25, 0.3) is 0 Å². The average Bonchev–Trinajstić information content (AvgIpc) is 2.05. The molecule has 2 N–H and O–H groups in total. The lowest BCUT2D eigenvalue weighted by atomic mass is 10.1. The highest BCUT2D eigenvalue weighted by molar-refractivity contribution is 5.79. The second-order valence-electron chi connectivity index (χ2n) is 2.81. The fourth-order valence-corrected chi connectivity index (χ4v) is 1.04. The number of anilines is 1. The Kier molecular flexibility index (Phi) is 2.60. The maximum Gasteiger partial charge on any atom is 0.164 e. The number of hydrogen-bond acceptors (Lipinski definition) is 2. The molecule has 1 aromatic rings. The third kappa shape index (κ3) is 2.02. The molecule has 13 heavy (non-hydrogen) atoms. The Hall–Kier alpha value is -1.45. The van der Waals surface area contributed by atoms with Gasteiger partial charge in [-0.15, -0.1) is 0 Å². The predicted octanol–water partition coefficient (Wildman–Crippen LogP) is 1.68. The summed E-state index contributed by atoms with van der Waals surface area (Å²) in [6.07, 6.45) is -0.171. The molecule has 0 aliphatic rings. The normalized spacial score (nSPS) is 10.1. The lowest BCUT2D eigenvalue weighted by molar-refractivity contribution is -0.116. The van der Waals surface area contributed by atoms with Crippen molar-refractivity contribution >= 4 is 11.5 Å². The van der Waals surface area contributed by atoms with Crippen molar-refractivity contribution in [1.82, 2.24) is 0 Å². The maximum absolute atomic E-state index is 13.0. The highest BCUT2D eigenvalue weighted by Crippen LogP contribution is 2.19. The molecule has 1 aromatic carbocycles. The second kappa shape index (κ2) is 3.51. The van der Waals surface area contributed by atoms with Crippen molar-refractivity contribution in [2.24, 2.45) is 0 Å². The quantitative estimate of drug-likeness (QED) is 0.712. The van der Waals surface area contributed by atoms with Gasteiger partial charge in [-0.2, -0.15) is 0 Å². The molecule has 0 aliphatic heterocycles. The van der Waals surface area contributed by atoms with Crippen LogP contribution in [0, 0.1) is 11.6 Å². The Morgan fingerprint density at radius 1 is 1.46 bits per heavy atom. The number of carbonyl (C=O) groups excluding carboxylic acids is 1. The third-order valence-electron chi connectivity index (χ3n) is 1.66. The van der Waals surface area contributed by atoms with Crippen LogP contribution in [0.2, 0.25) is 0 Å². The number of benzene rings is 1. The molecule has 0 saturated heterocycles. The molecular weight excluding hydrogens is 176 g/mol. The van der Waals surface area contributed by atoms with Crippen LogP contribution in [0.4, 0.5) is 14.5 Å². The first-order chi connectivity index (χ1) is 6.02. The minimum absolute atomic E-state index is 0.0625. The predicted molar refractivity (Wildman–Crippen MR) is 45.2 cm³/mol. The molecule has 4 heteroatoms. The van der Waals surface area contributed by atoms with Gasteiger partial charge in [0.2, 0.25) is 0 Å². The molecule has 1 rings (SSSR count). The third-order valence-corrected chi connectivity index (χ3v) is 1.66. The molecule has 70 valence electrons. The summed E-state index contributed by atoms with van der Waals surface area (Å²) in [6.45, 7) is 1.30. The molecule has 0 unspecified atom stereocenters. The van der Waals surface area contributed by atoms with Gasteiger partial charge in [-0.1, -0.05) is 0 Å². The van der Waals surface area contributed by atoms with Gasteiger partial charge in [-0.05, 0) is 19.1 Å². The van der Waals surface area contributed by atoms with E-state index in [1.54, 1.807) is 0 Å². The number of carbonyl (C=O) groups is 1. The topological polar surface area (TPSA) is 43.1 Å². The zero-order valence-corrected chi connectivity index (χ0v) is 7.10. The van der Waals surface area contributed by atoms with E-state index in [2.05, 4.69) is 0 Å². The van der Waals surface area contributed by atoms with E-state index in [1.807, 2.05) is 0 Å². The van der Waals surface area contributed by atoms with Crippen LogP contribution >= 0.6 is 0 Å². The van der Waals surface area contributed by atoms with Crippen molar-refractivity contribution in [3.8, 4) is 0 Å². The molecule has 0 atom stereocenters. The zero-order valence-electron chi connectivity index (χ0n) is 7.10. The molecule has 0 bridgehead atoms. The number of rotatable bonds is 2. The molecule has 0 saturated carbocycles. The summed E-state index contributed by atoms with van der Waals surface area (Å²) in [4.78, 5) is 10.7. The van der Waals surface area contributed by atoms with E-state index < -0.39 is 11.6 Å². The monoisotopic (exact) mass is 185 g/mol. The van der Waals surface area contributed by atoms with Crippen LogP contribution in [0.5, 0.6) is 0 Å². The summed E-state index contributed by atoms with van der Waals surface area (Å²) in [5.41, 5.74) is 5.42. The van der Waals surface area contributed by atoms with Crippen LogP contribution in [0.15, 0.2) is 12.1 Å². The maximum atomic E-state index is 13.0. The SMILES string of the molecule is CC(=O)Cc1c(N)ccc(F)c1F. The second-order valence-corrected chi connectivity index (χ2v) is 2.81. The Labute approximate surface area is 74.4 Å². The highest BCUT2D eigenvalue weighted by atomic mass is 19.2. The molecular formula is C9H9F2NO. The minimum atomic E-state index is -1.03. The van der Waals surface area contributed by atoms with E-state index >= 15 is 0 Å². The van der Waals surface area contributed by atoms with Crippen LogP contribution < -0.4 is 5.73 Å². The Balaban J connectivity index is 3.17. The van der Waals surface area contributed by atoms with Crippen molar-refractivity contribution < 1.29 is 13.6 Å². The van der Waals surface area contributed by atoms with Crippen LogP contribution in [-0.2, 0) is 11.2 Å². The Morgan fingerprint density at radius 3 is 2.62 bits per heavy atom. The van der Waals surface area contributed by atoms with Crippen molar-refractivity contribution in [2.45, 2.75) is 13.3 Å². The number of hydrogen-bond donors (Lipinski definition) is 1. The molecule has 0 amide bonds. The lowest BCUT2D eigenvalue weighted by Crippen LogP contribution is -2.05. The molecule has 0 heterocycles. The van der Waals surface area contributed by atoms with Gasteiger partial charge >= 0.3 is 0 Å². The summed E-state index contributed by atoms with van der Waals surface area (Å²) in [5.74, 6) is -2.27. The van der Waals surface area contributed by atoms with Gasteiger partial charge in [0.1, 0.15) is 5.78 Å². The largest absolute Gasteiger partial charge is 0.398 e. The van der Waals surface area contributed by atoms with Gasteiger partial charge in [0.15, 0.2) is 11.6 Å². The summed E-state index contributed by atoms with van der Waals surface area (Å²) >= 11 is 0. The van der Waals surface area contributed by atoms with Gasteiger partial charge in [0, 0.05) is 17.7 Å². The van der Waals surface area contributed by atoms with E-state index in [4.69, 9.17) is 5.73 Å². The number of ketones is 1. The summed E-state index contributed by atoms with van der Waals surface area (Å²) in [7, 11) is 0. The van der Waals surface area contributed by atoms with Crippen molar-refractivity contribution in [1.29, 1.82) is 0 Å². The van der Waals surface area contributed by atoms with Crippen molar-refractivity contribution in [2.75, 3.05) is 5.73 Å². The zero-order chi connectivity index (χ0) is 10.0. The van der Waals surface area contributed by atoms with Gasteiger partial charge < -0.3 is 5.73 Å². The van der Waals surface area contributed by atoms with E-state index in [1.165, 1.54) is 13.0 Å².